The molecule has 4 aromatic heterocycles. The lowest BCUT2D eigenvalue weighted by Crippen LogP contribution is -2.08. The Hall–Kier alpha value is -8.61. The van der Waals surface area contributed by atoms with Crippen LogP contribution in [0.2, 0.25) is 0 Å². The summed E-state index contributed by atoms with van der Waals surface area (Å²) in [7, 11) is 0. The maximum absolute atomic E-state index is 5.49. The Bertz CT molecular complexity index is 3860. The third-order valence-electron chi connectivity index (χ3n) is 12.5. The van der Waals surface area contributed by atoms with Crippen LogP contribution in [0.1, 0.15) is 0 Å². The van der Waals surface area contributed by atoms with Gasteiger partial charge in [0.25, 0.3) is 0 Å². The molecule has 0 bridgehead atoms. The van der Waals surface area contributed by atoms with Crippen LogP contribution in [-0.4, -0.2) is 28.7 Å². The van der Waals surface area contributed by atoms with Gasteiger partial charge in [-0.3, -0.25) is 4.57 Å². The minimum Gasteiger partial charge on any atom is -0.309 e. The molecule has 6 nitrogen and oxygen atoms in total. The quantitative estimate of drug-likeness (QED) is 0.168. The molecule has 0 saturated heterocycles. The normalized spacial score (nSPS) is 11.8. The van der Waals surface area contributed by atoms with Crippen molar-refractivity contribution in [1.82, 2.24) is 28.7 Å². The minimum absolute atomic E-state index is 0.548. The largest absolute Gasteiger partial charge is 0.309 e. The van der Waals surface area contributed by atoms with Crippen molar-refractivity contribution < 1.29 is 0 Å². The number of aromatic nitrogens is 6. The summed E-state index contributed by atoms with van der Waals surface area (Å²) in [4.78, 5) is 16.4. The second kappa shape index (κ2) is 14.0. The van der Waals surface area contributed by atoms with Crippen LogP contribution < -0.4 is 0 Å². The Labute approximate surface area is 362 Å². The van der Waals surface area contributed by atoms with Crippen molar-refractivity contribution in [2.75, 3.05) is 0 Å². The molecule has 0 atom stereocenters. The maximum Gasteiger partial charge on any atom is 0.238 e. The summed E-state index contributed by atoms with van der Waals surface area (Å²) in [5.41, 5.74) is 12.7. The van der Waals surface area contributed by atoms with Crippen molar-refractivity contribution in [2.24, 2.45) is 0 Å². The summed E-state index contributed by atoms with van der Waals surface area (Å²) in [6.45, 7) is 0. The summed E-state index contributed by atoms with van der Waals surface area (Å²) in [6.07, 6.45) is 0. The van der Waals surface area contributed by atoms with E-state index in [0.717, 1.165) is 77.5 Å². The van der Waals surface area contributed by atoms with Gasteiger partial charge in [-0.2, -0.15) is 9.97 Å². The Kier molecular flexibility index (Phi) is 7.80. The van der Waals surface area contributed by atoms with Gasteiger partial charge in [0, 0.05) is 49.1 Å². The summed E-state index contributed by atoms with van der Waals surface area (Å²) >= 11 is 0. The number of fused-ring (bicyclic) bond motifs is 9. The average molecular weight is 805 g/mol. The van der Waals surface area contributed by atoms with E-state index in [2.05, 4.69) is 232 Å². The van der Waals surface area contributed by atoms with E-state index in [1.807, 2.05) is 0 Å². The van der Waals surface area contributed by atoms with Crippen LogP contribution in [0.4, 0.5) is 0 Å². The highest BCUT2D eigenvalue weighted by atomic mass is 15.2. The number of benzene rings is 9. The van der Waals surface area contributed by atoms with Crippen LogP contribution in [0.5, 0.6) is 0 Å². The maximum atomic E-state index is 5.49. The van der Waals surface area contributed by atoms with Gasteiger partial charge in [-0.25, -0.2) is 4.98 Å². The van der Waals surface area contributed by atoms with Crippen LogP contribution in [0.3, 0.4) is 0 Å². The van der Waals surface area contributed by atoms with Gasteiger partial charge in [0.1, 0.15) is 0 Å². The Morgan fingerprint density at radius 1 is 0.270 bits per heavy atom. The topological polar surface area (TPSA) is 53.5 Å². The van der Waals surface area contributed by atoms with Crippen molar-refractivity contribution in [3.63, 3.8) is 0 Å². The molecule has 9 aromatic carbocycles. The number of hydrogen-bond donors (Lipinski definition) is 0. The molecule has 0 spiro atoms. The molecule has 0 N–H and O–H groups in total. The zero-order valence-corrected chi connectivity index (χ0v) is 34.0. The number of rotatable bonds is 6. The van der Waals surface area contributed by atoms with Crippen LogP contribution in [0.15, 0.2) is 218 Å². The van der Waals surface area contributed by atoms with E-state index >= 15 is 0 Å². The van der Waals surface area contributed by atoms with Crippen molar-refractivity contribution in [2.45, 2.75) is 0 Å². The number of hydrogen-bond acceptors (Lipinski definition) is 3. The van der Waals surface area contributed by atoms with Gasteiger partial charge in [-0.15, -0.1) is 0 Å². The molecule has 0 fully saturated rings. The van der Waals surface area contributed by atoms with Gasteiger partial charge in [-0.1, -0.05) is 158 Å². The first-order valence-corrected chi connectivity index (χ1v) is 21.3. The van der Waals surface area contributed by atoms with Crippen LogP contribution >= 0.6 is 0 Å². The first-order chi connectivity index (χ1) is 31.3. The van der Waals surface area contributed by atoms with Gasteiger partial charge in [0.15, 0.2) is 11.6 Å². The van der Waals surface area contributed by atoms with Crippen molar-refractivity contribution >= 4 is 65.4 Å². The van der Waals surface area contributed by atoms with Gasteiger partial charge >= 0.3 is 0 Å². The fourth-order valence-electron chi connectivity index (χ4n) is 9.72. The molecule has 4 heterocycles. The van der Waals surface area contributed by atoms with E-state index in [0.29, 0.717) is 17.6 Å². The summed E-state index contributed by atoms with van der Waals surface area (Å²) in [5, 5.41) is 7.02. The van der Waals surface area contributed by atoms with E-state index in [9.17, 15) is 0 Å². The lowest BCUT2D eigenvalue weighted by Gasteiger charge is -2.15. The van der Waals surface area contributed by atoms with Gasteiger partial charge < -0.3 is 9.13 Å². The zero-order chi connectivity index (χ0) is 41.4. The molecule has 0 unspecified atom stereocenters. The highest BCUT2D eigenvalue weighted by molar-refractivity contribution is 6.12. The average Bonchev–Trinajstić information content (AvgIpc) is 3.99. The van der Waals surface area contributed by atoms with Crippen LogP contribution in [0.25, 0.3) is 117 Å². The van der Waals surface area contributed by atoms with Crippen LogP contribution in [0, 0.1) is 0 Å². The van der Waals surface area contributed by atoms with Gasteiger partial charge in [-0.05, 0) is 71.8 Å². The van der Waals surface area contributed by atoms with E-state index < -0.39 is 0 Å². The SMILES string of the molecule is c1ccc(-c2ccc3c4ccccc4n(-c4nc(-c5ccc6c7ccccc7n(-c7ccccc7)c6c5)nc(-c5ccccc5-n5c6ccccc6c6ccccc65)n4)c3c2)cc1. The van der Waals surface area contributed by atoms with Crippen molar-refractivity contribution in [1.29, 1.82) is 0 Å². The molecular formula is C57H36N6. The molecule has 0 aliphatic rings. The summed E-state index contributed by atoms with van der Waals surface area (Å²) in [6, 6.07) is 77.3. The highest BCUT2D eigenvalue weighted by Gasteiger charge is 2.22. The fourth-order valence-corrected chi connectivity index (χ4v) is 9.72. The molecule has 6 heteroatoms. The predicted octanol–water partition coefficient (Wildman–Crippen LogP) is 14.2. The molecule has 294 valence electrons. The molecule has 0 aliphatic heterocycles. The zero-order valence-electron chi connectivity index (χ0n) is 34.0. The molecular weight excluding hydrogens is 769 g/mol. The second-order valence-electron chi connectivity index (χ2n) is 16.0. The highest BCUT2D eigenvalue weighted by Crippen LogP contribution is 2.39. The van der Waals surface area contributed by atoms with Gasteiger partial charge in [0.2, 0.25) is 5.95 Å². The van der Waals surface area contributed by atoms with Crippen LogP contribution in [-0.2, 0) is 0 Å². The molecule has 13 aromatic rings. The predicted molar refractivity (Wildman–Crippen MR) is 259 cm³/mol. The van der Waals surface area contributed by atoms with Crippen molar-refractivity contribution in [3.8, 4) is 51.2 Å². The fraction of sp³-hybridized carbons (Fsp3) is 0. The molecule has 13 rings (SSSR count). The molecule has 63 heavy (non-hydrogen) atoms. The first-order valence-electron chi connectivity index (χ1n) is 21.3. The van der Waals surface area contributed by atoms with Crippen molar-refractivity contribution in [3.05, 3.63) is 218 Å². The third-order valence-corrected chi connectivity index (χ3v) is 12.5. The first kappa shape index (κ1) is 35.2. The number of para-hydroxylation sites is 6. The van der Waals surface area contributed by atoms with E-state index in [4.69, 9.17) is 15.0 Å². The second-order valence-corrected chi connectivity index (χ2v) is 16.0. The van der Waals surface area contributed by atoms with E-state index in [-0.39, 0.29) is 0 Å². The lowest BCUT2D eigenvalue weighted by atomic mass is 10.0. The molecule has 0 radical (unpaired) electrons. The Balaban J connectivity index is 1.11. The van der Waals surface area contributed by atoms with E-state index in [1.165, 1.54) is 21.5 Å². The Morgan fingerprint density at radius 3 is 1.35 bits per heavy atom. The van der Waals surface area contributed by atoms with Gasteiger partial charge in [0.05, 0.1) is 38.8 Å². The Morgan fingerprint density at radius 2 is 0.714 bits per heavy atom. The lowest BCUT2D eigenvalue weighted by molar-refractivity contribution is 0.952. The monoisotopic (exact) mass is 804 g/mol. The summed E-state index contributed by atoms with van der Waals surface area (Å²) in [5.74, 6) is 1.72. The minimum atomic E-state index is 0.548. The third kappa shape index (κ3) is 5.48. The molecule has 0 saturated carbocycles. The van der Waals surface area contributed by atoms with E-state index in [1.54, 1.807) is 0 Å². The number of nitrogens with zero attached hydrogens (tertiary/aromatic N) is 6. The smallest absolute Gasteiger partial charge is 0.238 e. The molecule has 0 aliphatic carbocycles. The standard InChI is InChI=1S/C57H36N6/c1-3-17-37(18-4-1)38-31-33-46-44-24-10-15-29-51(44)63(54(46)35-38)57-59-55(39-32-34-45-43-23-7-12-26-48(43)61(53(45)36-39)40-19-5-2-6-20-40)58-56(60-57)47-25-11-16-30-52(47)62-49-27-13-8-21-41(49)42-22-9-14-28-50(42)62/h1-36H. The molecule has 0 amide bonds. The summed E-state index contributed by atoms with van der Waals surface area (Å²) < 4.78 is 6.90.